The van der Waals surface area contributed by atoms with E-state index in [1.165, 1.54) is 0 Å². The third-order valence-electron chi connectivity index (χ3n) is 3.35. The molecule has 2 N–H and O–H groups in total. The third-order valence-corrected chi connectivity index (χ3v) is 5.19. The lowest BCUT2D eigenvalue weighted by atomic mass is 10.1. The van der Waals surface area contributed by atoms with E-state index in [1.54, 1.807) is 0 Å². The van der Waals surface area contributed by atoms with Crippen LogP contribution in [-0.4, -0.2) is 32.5 Å². The monoisotopic (exact) mass is 336 g/mol. The standard InChI is InChI=1S/C13H15F3N2O3S/c14-13(15,16)10-1-3-11(4-2-10)18-12(19)17-7-9-5-6-22(20,21)8-9/h1-4,9H,5-8H2,(H2,17,18,19). The van der Waals surface area contributed by atoms with E-state index in [9.17, 15) is 26.4 Å². The number of hydrogen-bond donors (Lipinski definition) is 2. The lowest BCUT2D eigenvalue weighted by molar-refractivity contribution is -0.137. The molecule has 1 aliphatic rings. The van der Waals surface area contributed by atoms with Gasteiger partial charge in [-0.25, -0.2) is 13.2 Å². The zero-order valence-electron chi connectivity index (χ0n) is 11.5. The average molecular weight is 336 g/mol. The highest BCUT2D eigenvalue weighted by Gasteiger charge is 2.30. The first-order chi connectivity index (χ1) is 10.2. The number of rotatable bonds is 3. The molecule has 0 bridgehead atoms. The van der Waals surface area contributed by atoms with Gasteiger partial charge in [0, 0.05) is 12.2 Å². The van der Waals surface area contributed by atoms with E-state index in [1.807, 2.05) is 0 Å². The second-order valence-electron chi connectivity index (χ2n) is 5.18. The highest BCUT2D eigenvalue weighted by molar-refractivity contribution is 7.91. The molecule has 0 aliphatic carbocycles. The molecule has 0 aromatic heterocycles. The van der Waals surface area contributed by atoms with Crippen molar-refractivity contribution in [1.29, 1.82) is 0 Å². The topological polar surface area (TPSA) is 75.3 Å². The van der Waals surface area contributed by atoms with Crippen molar-refractivity contribution in [3.63, 3.8) is 0 Å². The fraction of sp³-hybridized carbons (Fsp3) is 0.462. The second-order valence-corrected chi connectivity index (χ2v) is 7.41. The van der Waals surface area contributed by atoms with Gasteiger partial charge in [0.05, 0.1) is 17.1 Å². The second kappa shape index (κ2) is 6.15. The maximum Gasteiger partial charge on any atom is 0.416 e. The fourth-order valence-corrected chi connectivity index (χ4v) is 4.05. The van der Waals surface area contributed by atoms with Crippen molar-refractivity contribution in [2.45, 2.75) is 12.6 Å². The molecule has 1 aromatic rings. The summed E-state index contributed by atoms with van der Waals surface area (Å²) in [5, 5.41) is 4.92. The zero-order chi connectivity index (χ0) is 16.4. The van der Waals surface area contributed by atoms with E-state index in [0.717, 1.165) is 24.3 Å². The summed E-state index contributed by atoms with van der Waals surface area (Å²) in [5.74, 6) is 0.0521. The van der Waals surface area contributed by atoms with Gasteiger partial charge in [0.15, 0.2) is 9.84 Å². The number of alkyl halides is 3. The Bertz CT molecular complexity index is 641. The largest absolute Gasteiger partial charge is 0.416 e. The van der Waals surface area contributed by atoms with E-state index in [0.29, 0.717) is 6.42 Å². The Morgan fingerprint density at radius 1 is 1.23 bits per heavy atom. The van der Waals surface area contributed by atoms with Gasteiger partial charge in [0.2, 0.25) is 0 Å². The van der Waals surface area contributed by atoms with E-state index in [4.69, 9.17) is 0 Å². The molecule has 122 valence electrons. The molecule has 0 saturated carbocycles. The minimum absolute atomic E-state index is 0.0492. The Labute approximate surface area is 125 Å². The number of carbonyl (C=O) groups excluding carboxylic acids is 1. The Morgan fingerprint density at radius 3 is 2.36 bits per heavy atom. The number of benzene rings is 1. The summed E-state index contributed by atoms with van der Waals surface area (Å²) in [6.07, 6.45) is -3.92. The third kappa shape index (κ3) is 4.62. The molecule has 0 radical (unpaired) electrons. The molecule has 1 aliphatic heterocycles. The molecule has 1 aromatic carbocycles. The van der Waals surface area contributed by atoms with Crippen molar-refractivity contribution in [2.24, 2.45) is 5.92 Å². The molecule has 0 spiro atoms. The molecular formula is C13H15F3N2O3S. The van der Waals surface area contributed by atoms with Gasteiger partial charge in [0.1, 0.15) is 0 Å². The van der Waals surface area contributed by atoms with Gasteiger partial charge in [-0.1, -0.05) is 0 Å². The number of hydrogen-bond acceptors (Lipinski definition) is 3. The number of amides is 2. The summed E-state index contributed by atoms with van der Waals surface area (Å²) in [5.41, 5.74) is -0.570. The number of halogens is 3. The van der Waals surface area contributed by atoms with Crippen molar-refractivity contribution in [2.75, 3.05) is 23.4 Å². The van der Waals surface area contributed by atoms with Crippen LogP contribution in [0.2, 0.25) is 0 Å². The number of carbonyl (C=O) groups is 1. The van der Waals surface area contributed by atoms with Crippen LogP contribution in [-0.2, 0) is 16.0 Å². The summed E-state index contributed by atoms with van der Waals surface area (Å²) in [7, 11) is -3.00. The summed E-state index contributed by atoms with van der Waals surface area (Å²) in [4.78, 5) is 11.6. The van der Waals surface area contributed by atoms with E-state index < -0.39 is 27.6 Å². The molecule has 1 fully saturated rings. The quantitative estimate of drug-likeness (QED) is 0.889. The van der Waals surface area contributed by atoms with Gasteiger partial charge in [-0.15, -0.1) is 0 Å². The van der Waals surface area contributed by atoms with Crippen molar-refractivity contribution in [3.8, 4) is 0 Å². The number of sulfone groups is 1. The maximum absolute atomic E-state index is 12.4. The highest BCUT2D eigenvalue weighted by Crippen LogP contribution is 2.29. The molecule has 2 amide bonds. The van der Waals surface area contributed by atoms with Gasteiger partial charge >= 0.3 is 12.2 Å². The highest BCUT2D eigenvalue weighted by atomic mass is 32.2. The van der Waals surface area contributed by atoms with Crippen LogP contribution in [0.1, 0.15) is 12.0 Å². The van der Waals surface area contributed by atoms with Crippen LogP contribution in [0, 0.1) is 5.92 Å². The lowest BCUT2D eigenvalue weighted by Gasteiger charge is -2.12. The maximum atomic E-state index is 12.4. The lowest BCUT2D eigenvalue weighted by Crippen LogP contribution is -2.33. The van der Waals surface area contributed by atoms with Gasteiger partial charge < -0.3 is 10.6 Å². The van der Waals surface area contributed by atoms with Crippen molar-refractivity contribution >= 4 is 21.6 Å². The normalized spacial score (nSPS) is 20.6. The first-order valence-electron chi connectivity index (χ1n) is 6.58. The van der Waals surface area contributed by atoms with Crippen molar-refractivity contribution < 1.29 is 26.4 Å². The van der Waals surface area contributed by atoms with Gasteiger partial charge in [-0.05, 0) is 36.6 Å². The Kier molecular flexibility index (Phi) is 4.64. The molecule has 2 rings (SSSR count). The predicted octanol–water partition coefficient (Wildman–Crippen LogP) is 2.26. The molecule has 5 nitrogen and oxygen atoms in total. The van der Waals surface area contributed by atoms with Crippen LogP contribution >= 0.6 is 0 Å². The van der Waals surface area contributed by atoms with E-state index in [2.05, 4.69) is 10.6 Å². The first-order valence-corrected chi connectivity index (χ1v) is 8.40. The average Bonchev–Trinajstić information content (AvgIpc) is 2.76. The van der Waals surface area contributed by atoms with Gasteiger partial charge in [0.25, 0.3) is 0 Å². The summed E-state index contributed by atoms with van der Waals surface area (Å²) >= 11 is 0. The summed E-state index contributed by atoms with van der Waals surface area (Å²) in [6, 6.07) is 3.48. The Morgan fingerprint density at radius 2 is 1.86 bits per heavy atom. The van der Waals surface area contributed by atoms with Gasteiger partial charge in [-0.3, -0.25) is 0 Å². The minimum Gasteiger partial charge on any atom is -0.338 e. The summed E-state index contributed by atoms with van der Waals surface area (Å²) in [6.45, 7) is 0.214. The number of anilines is 1. The van der Waals surface area contributed by atoms with Gasteiger partial charge in [-0.2, -0.15) is 13.2 Å². The summed E-state index contributed by atoms with van der Waals surface area (Å²) < 4.78 is 59.7. The first kappa shape index (κ1) is 16.6. The molecule has 9 heteroatoms. The SMILES string of the molecule is O=C(NCC1CCS(=O)(=O)C1)Nc1ccc(C(F)(F)F)cc1. The van der Waals surface area contributed by atoms with Crippen LogP contribution in [0.4, 0.5) is 23.7 Å². The Balaban J connectivity index is 1.82. The van der Waals surface area contributed by atoms with E-state index >= 15 is 0 Å². The molecular weight excluding hydrogens is 321 g/mol. The number of urea groups is 1. The Hall–Kier alpha value is -1.77. The van der Waals surface area contributed by atoms with Crippen LogP contribution in [0.5, 0.6) is 0 Å². The van der Waals surface area contributed by atoms with E-state index in [-0.39, 0.29) is 29.7 Å². The molecule has 1 saturated heterocycles. The van der Waals surface area contributed by atoms with Crippen LogP contribution in [0.3, 0.4) is 0 Å². The molecule has 1 atom stereocenters. The van der Waals surface area contributed by atoms with Crippen LogP contribution in [0.15, 0.2) is 24.3 Å². The smallest absolute Gasteiger partial charge is 0.338 e. The van der Waals surface area contributed by atoms with Crippen LogP contribution < -0.4 is 10.6 Å². The minimum atomic E-state index is -4.42. The number of nitrogens with one attached hydrogen (secondary N) is 2. The van der Waals surface area contributed by atoms with Crippen molar-refractivity contribution in [1.82, 2.24) is 5.32 Å². The molecule has 22 heavy (non-hydrogen) atoms. The van der Waals surface area contributed by atoms with Crippen molar-refractivity contribution in [3.05, 3.63) is 29.8 Å². The fourth-order valence-electron chi connectivity index (χ4n) is 2.19. The molecule has 1 heterocycles. The molecule has 1 unspecified atom stereocenters. The zero-order valence-corrected chi connectivity index (χ0v) is 12.3. The predicted molar refractivity (Wildman–Crippen MR) is 75.2 cm³/mol. The van der Waals surface area contributed by atoms with Crippen LogP contribution in [0.25, 0.3) is 0 Å².